The Labute approximate surface area is 94.6 Å². The van der Waals surface area contributed by atoms with E-state index >= 15 is 0 Å². The van der Waals surface area contributed by atoms with Gasteiger partial charge in [0.25, 0.3) is 0 Å². The molecule has 0 heterocycles. The standard InChI is InChI=1S/C12H15NOS/c1-9-5-6-12(13)11(8-9)4-3-7-15-10(2)14/h3-6,8H,7,13H2,1-2H3. The lowest BCUT2D eigenvalue weighted by Crippen LogP contribution is -1.89. The molecule has 80 valence electrons. The fourth-order valence-electron chi connectivity index (χ4n) is 1.18. The summed E-state index contributed by atoms with van der Waals surface area (Å²) in [6.07, 6.45) is 3.91. The fraction of sp³-hybridized carbons (Fsp3) is 0.250. The quantitative estimate of drug-likeness (QED) is 0.798. The molecule has 0 aliphatic carbocycles. The fourth-order valence-corrected chi connectivity index (χ4v) is 1.61. The Kier molecular flexibility index (Phi) is 4.43. The monoisotopic (exact) mass is 221 g/mol. The second-order valence-corrected chi connectivity index (χ2v) is 4.53. The lowest BCUT2D eigenvalue weighted by atomic mass is 10.1. The Balaban J connectivity index is 2.63. The van der Waals surface area contributed by atoms with E-state index in [0.717, 1.165) is 11.3 Å². The number of aryl methyl sites for hydroxylation is 1. The van der Waals surface area contributed by atoms with Gasteiger partial charge in [0.15, 0.2) is 5.12 Å². The molecule has 3 heteroatoms. The van der Waals surface area contributed by atoms with Crippen LogP contribution in [0.25, 0.3) is 6.08 Å². The second kappa shape index (κ2) is 5.61. The molecule has 2 nitrogen and oxygen atoms in total. The van der Waals surface area contributed by atoms with Crippen LogP contribution >= 0.6 is 11.8 Å². The van der Waals surface area contributed by atoms with Gasteiger partial charge in [0, 0.05) is 18.4 Å². The van der Waals surface area contributed by atoms with Crippen LogP contribution in [0.15, 0.2) is 24.3 Å². The molecule has 1 rings (SSSR count). The van der Waals surface area contributed by atoms with Crippen molar-refractivity contribution in [3.8, 4) is 0 Å². The van der Waals surface area contributed by atoms with Gasteiger partial charge in [-0.15, -0.1) is 0 Å². The maximum atomic E-state index is 10.7. The molecule has 0 bridgehead atoms. The minimum Gasteiger partial charge on any atom is -0.398 e. The van der Waals surface area contributed by atoms with Crippen LogP contribution in [0.3, 0.4) is 0 Å². The van der Waals surface area contributed by atoms with E-state index in [-0.39, 0.29) is 5.12 Å². The van der Waals surface area contributed by atoms with Crippen molar-refractivity contribution in [3.63, 3.8) is 0 Å². The molecule has 0 atom stereocenters. The average Bonchev–Trinajstić information content (AvgIpc) is 2.17. The Morgan fingerprint density at radius 3 is 2.93 bits per heavy atom. The van der Waals surface area contributed by atoms with Gasteiger partial charge in [-0.25, -0.2) is 0 Å². The zero-order chi connectivity index (χ0) is 11.3. The normalized spacial score (nSPS) is 10.8. The zero-order valence-corrected chi connectivity index (χ0v) is 9.80. The number of nitrogens with two attached hydrogens (primary N) is 1. The average molecular weight is 221 g/mol. The number of nitrogen functional groups attached to an aromatic ring is 1. The largest absolute Gasteiger partial charge is 0.398 e. The number of hydrogen-bond acceptors (Lipinski definition) is 3. The van der Waals surface area contributed by atoms with Gasteiger partial charge in [-0.2, -0.15) is 0 Å². The lowest BCUT2D eigenvalue weighted by molar-refractivity contribution is -0.109. The molecule has 0 aliphatic rings. The topological polar surface area (TPSA) is 43.1 Å². The Morgan fingerprint density at radius 1 is 1.53 bits per heavy atom. The van der Waals surface area contributed by atoms with Crippen molar-refractivity contribution >= 4 is 28.6 Å². The van der Waals surface area contributed by atoms with Gasteiger partial charge in [-0.3, -0.25) is 4.79 Å². The highest BCUT2D eigenvalue weighted by Gasteiger charge is 1.95. The summed E-state index contributed by atoms with van der Waals surface area (Å²) in [6, 6.07) is 5.91. The first-order chi connectivity index (χ1) is 7.09. The van der Waals surface area contributed by atoms with E-state index in [2.05, 4.69) is 0 Å². The van der Waals surface area contributed by atoms with Gasteiger partial charge in [0.2, 0.25) is 0 Å². The van der Waals surface area contributed by atoms with Crippen LogP contribution in [0.2, 0.25) is 0 Å². The summed E-state index contributed by atoms with van der Waals surface area (Å²) in [5.74, 6) is 0.697. The molecule has 1 aromatic rings. The van der Waals surface area contributed by atoms with Crippen molar-refractivity contribution in [2.24, 2.45) is 0 Å². The van der Waals surface area contributed by atoms with E-state index in [9.17, 15) is 4.79 Å². The number of anilines is 1. The SMILES string of the molecule is CC(=O)SCC=Cc1cc(C)ccc1N. The predicted octanol–water partition coefficient (Wildman–Crippen LogP) is 2.87. The molecule has 0 aromatic heterocycles. The third-order valence-corrected chi connectivity index (χ3v) is 2.69. The molecule has 0 aliphatic heterocycles. The number of thioether (sulfide) groups is 1. The highest BCUT2D eigenvalue weighted by atomic mass is 32.2. The van der Waals surface area contributed by atoms with E-state index in [0.29, 0.717) is 5.75 Å². The van der Waals surface area contributed by atoms with Crippen LogP contribution in [0.1, 0.15) is 18.1 Å². The van der Waals surface area contributed by atoms with Crippen molar-refractivity contribution in [3.05, 3.63) is 35.4 Å². The third kappa shape index (κ3) is 4.21. The number of hydrogen-bond donors (Lipinski definition) is 1. The smallest absolute Gasteiger partial charge is 0.186 e. The lowest BCUT2D eigenvalue weighted by Gasteiger charge is -2.01. The molecule has 15 heavy (non-hydrogen) atoms. The van der Waals surface area contributed by atoms with Crippen molar-refractivity contribution in [2.45, 2.75) is 13.8 Å². The molecule has 0 unspecified atom stereocenters. The zero-order valence-electron chi connectivity index (χ0n) is 8.99. The van der Waals surface area contributed by atoms with Gasteiger partial charge in [-0.05, 0) is 24.6 Å². The number of carbonyl (C=O) groups is 1. The molecular weight excluding hydrogens is 206 g/mol. The summed E-state index contributed by atoms with van der Waals surface area (Å²) < 4.78 is 0. The Hall–Kier alpha value is -1.22. The van der Waals surface area contributed by atoms with E-state index < -0.39 is 0 Å². The molecular formula is C12H15NOS. The molecule has 0 spiro atoms. The van der Waals surface area contributed by atoms with Crippen LogP contribution in [-0.2, 0) is 4.79 Å². The summed E-state index contributed by atoms with van der Waals surface area (Å²) in [5.41, 5.74) is 8.77. The minimum atomic E-state index is 0.136. The van der Waals surface area contributed by atoms with Gasteiger partial charge < -0.3 is 5.73 Å². The van der Waals surface area contributed by atoms with Crippen molar-refractivity contribution < 1.29 is 4.79 Å². The van der Waals surface area contributed by atoms with Crippen molar-refractivity contribution in [1.29, 1.82) is 0 Å². The van der Waals surface area contributed by atoms with E-state index in [1.165, 1.54) is 17.3 Å². The first-order valence-corrected chi connectivity index (χ1v) is 5.74. The molecule has 0 saturated heterocycles. The molecule has 0 saturated carbocycles. The van der Waals surface area contributed by atoms with Gasteiger partial charge in [0.1, 0.15) is 0 Å². The van der Waals surface area contributed by atoms with Crippen molar-refractivity contribution in [2.75, 3.05) is 11.5 Å². The minimum absolute atomic E-state index is 0.136. The van der Waals surface area contributed by atoms with Crippen molar-refractivity contribution in [1.82, 2.24) is 0 Å². The number of carbonyl (C=O) groups excluding carboxylic acids is 1. The maximum absolute atomic E-state index is 10.7. The summed E-state index contributed by atoms with van der Waals surface area (Å²) in [7, 11) is 0. The first-order valence-electron chi connectivity index (χ1n) is 4.75. The van der Waals surface area contributed by atoms with Crippen LogP contribution in [0.5, 0.6) is 0 Å². The van der Waals surface area contributed by atoms with Crippen LogP contribution < -0.4 is 5.73 Å². The van der Waals surface area contributed by atoms with Crippen LogP contribution in [0.4, 0.5) is 5.69 Å². The molecule has 0 amide bonds. The Morgan fingerprint density at radius 2 is 2.27 bits per heavy atom. The molecule has 2 N–H and O–H groups in total. The third-order valence-electron chi connectivity index (χ3n) is 1.92. The van der Waals surface area contributed by atoms with E-state index in [1.807, 2.05) is 37.3 Å². The number of benzene rings is 1. The van der Waals surface area contributed by atoms with Crippen LogP contribution in [0, 0.1) is 6.92 Å². The molecule has 1 aromatic carbocycles. The van der Waals surface area contributed by atoms with Gasteiger partial charge in [0.05, 0.1) is 0 Å². The molecule has 0 fully saturated rings. The highest BCUT2D eigenvalue weighted by molar-refractivity contribution is 8.13. The first kappa shape index (κ1) is 11.9. The van der Waals surface area contributed by atoms with E-state index in [1.54, 1.807) is 6.92 Å². The summed E-state index contributed by atoms with van der Waals surface area (Å²) in [5, 5.41) is 0.136. The highest BCUT2D eigenvalue weighted by Crippen LogP contribution is 2.15. The predicted molar refractivity (Wildman–Crippen MR) is 67.8 cm³/mol. The summed E-state index contributed by atoms with van der Waals surface area (Å²) in [4.78, 5) is 10.7. The number of rotatable bonds is 3. The van der Waals surface area contributed by atoms with Gasteiger partial charge in [-0.1, -0.05) is 35.5 Å². The van der Waals surface area contributed by atoms with E-state index in [4.69, 9.17) is 5.73 Å². The molecule has 0 radical (unpaired) electrons. The maximum Gasteiger partial charge on any atom is 0.186 e. The second-order valence-electron chi connectivity index (χ2n) is 3.34. The summed E-state index contributed by atoms with van der Waals surface area (Å²) >= 11 is 1.29. The summed E-state index contributed by atoms with van der Waals surface area (Å²) in [6.45, 7) is 3.60. The Bertz CT molecular complexity index is 385. The van der Waals surface area contributed by atoms with Crippen LogP contribution in [-0.4, -0.2) is 10.9 Å². The van der Waals surface area contributed by atoms with Gasteiger partial charge >= 0.3 is 0 Å².